The predicted octanol–water partition coefficient (Wildman–Crippen LogP) is 2.90. The number of hydrogen-bond donors (Lipinski definition) is 4. The average molecular weight is 417 g/mol. The number of urea groups is 2. The zero-order valence-corrected chi connectivity index (χ0v) is 17.9. The molecule has 2 aliphatic rings. The van der Waals surface area contributed by atoms with E-state index in [9.17, 15) is 9.59 Å². The summed E-state index contributed by atoms with van der Waals surface area (Å²) < 4.78 is 0. The number of nitrogens with one attached hydrogen (secondary N) is 4. The molecule has 1 aromatic carbocycles. The Morgan fingerprint density at radius 2 is 1.13 bits per heavy atom. The molecule has 0 bridgehead atoms. The van der Waals surface area contributed by atoms with Gasteiger partial charge in [0.2, 0.25) is 0 Å². The van der Waals surface area contributed by atoms with E-state index in [4.69, 9.17) is 0 Å². The van der Waals surface area contributed by atoms with E-state index in [1.54, 1.807) is 6.07 Å². The molecular formula is C22H36N6O2. The molecule has 8 nitrogen and oxygen atoms in total. The molecule has 2 saturated heterocycles. The molecule has 0 unspecified atom stereocenters. The SMILES string of the molecule is O=C(NCCN1CCCCC1)Nc1cccc(NC(=O)NCCN2CCCCC2)c1. The highest BCUT2D eigenvalue weighted by Crippen LogP contribution is 2.15. The fourth-order valence-electron chi connectivity index (χ4n) is 4.05. The van der Waals surface area contributed by atoms with Crippen LogP contribution in [0.5, 0.6) is 0 Å². The first-order valence-corrected chi connectivity index (χ1v) is 11.3. The maximum atomic E-state index is 12.1. The Labute approximate surface area is 179 Å². The Bertz CT molecular complexity index is 618. The van der Waals surface area contributed by atoms with Crippen molar-refractivity contribution in [2.75, 3.05) is 63.0 Å². The fraction of sp³-hybridized carbons (Fsp3) is 0.636. The Hall–Kier alpha value is -2.32. The third kappa shape index (κ3) is 8.20. The molecule has 2 fully saturated rings. The number of carbonyl (C=O) groups is 2. The number of carbonyl (C=O) groups excluding carboxylic acids is 2. The zero-order chi connectivity index (χ0) is 21.0. The maximum absolute atomic E-state index is 12.1. The van der Waals surface area contributed by atoms with Crippen molar-refractivity contribution in [3.05, 3.63) is 24.3 Å². The number of piperidine rings is 2. The molecule has 0 spiro atoms. The van der Waals surface area contributed by atoms with Gasteiger partial charge in [0, 0.05) is 37.6 Å². The summed E-state index contributed by atoms with van der Waals surface area (Å²) in [5.74, 6) is 0. The summed E-state index contributed by atoms with van der Waals surface area (Å²) in [5, 5.41) is 11.5. The van der Waals surface area contributed by atoms with E-state index in [1.807, 2.05) is 18.2 Å². The van der Waals surface area contributed by atoms with Crippen LogP contribution in [0.3, 0.4) is 0 Å². The van der Waals surface area contributed by atoms with E-state index in [2.05, 4.69) is 31.1 Å². The van der Waals surface area contributed by atoms with E-state index in [1.165, 1.54) is 38.5 Å². The normalized spacial score (nSPS) is 17.9. The molecule has 166 valence electrons. The lowest BCUT2D eigenvalue weighted by Crippen LogP contribution is -2.39. The van der Waals surface area contributed by atoms with Crippen molar-refractivity contribution < 1.29 is 9.59 Å². The summed E-state index contributed by atoms with van der Waals surface area (Å²) in [6.07, 6.45) is 7.61. The van der Waals surface area contributed by atoms with Crippen molar-refractivity contribution in [2.45, 2.75) is 38.5 Å². The van der Waals surface area contributed by atoms with E-state index in [-0.39, 0.29) is 12.1 Å². The lowest BCUT2D eigenvalue weighted by molar-refractivity contribution is 0.224. The van der Waals surface area contributed by atoms with Crippen LogP contribution in [0.4, 0.5) is 21.0 Å². The summed E-state index contributed by atoms with van der Waals surface area (Å²) >= 11 is 0. The molecule has 1 aromatic rings. The second-order valence-corrected chi connectivity index (χ2v) is 8.15. The molecule has 0 radical (unpaired) electrons. The van der Waals surface area contributed by atoms with E-state index < -0.39 is 0 Å². The van der Waals surface area contributed by atoms with Crippen LogP contribution in [0.1, 0.15) is 38.5 Å². The van der Waals surface area contributed by atoms with Crippen LogP contribution in [0.25, 0.3) is 0 Å². The van der Waals surface area contributed by atoms with Crippen LogP contribution >= 0.6 is 0 Å². The van der Waals surface area contributed by atoms with Gasteiger partial charge < -0.3 is 31.1 Å². The lowest BCUT2D eigenvalue weighted by atomic mass is 10.1. The van der Waals surface area contributed by atoms with Crippen molar-refractivity contribution >= 4 is 23.4 Å². The van der Waals surface area contributed by atoms with Crippen LogP contribution < -0.4 is 21.3 Å². The van der Waals surface area contributed by atoms with E-state index in [0.717, 1.165) is 39.3 Å². The third-order valence-corrected chi connectivity index (χ3v) is 5.70. The highest BCUT2D eigenvalue weighted by atomic mass is 16.2. The number of likely N-dealkylation sites (tertiary alicyclic amines) is 2. The summed E-state index contributed by atoms with van der Waals surface area (Å²) in [6, 6.07) is 6.74. The van der Waals surface area contributed by atoms with Crippen LogP contribution in [0, 0.1) is 0 Å². The van der Waals surface area contributed by atoms with Gasteiger partial charge in [-0.1, -0.05) is 18.9 Å². The molecular weight excluding hydrogens is 380 g/mol. The van der Waals surface area contributed by atoms with Gasteiger partial charge in [-0.2, -0.15) is 0 Å². The molecule has 4 N–H and O–H groups in total. The van der Waals surface area contributed by atoms with Crippen LogP contribution in [0.15, 0.2) is 24.3 Å². The van der Waals surface area contributed by atoms with Crippen LogP contribution in [0.2, 0.25) is 0 Å². The summed E-state index contributed by atoms with van der Waals surface area (Å²) in [5.41, 5.74) is 1.30. The minimum absolute atomic E-state index is 0.227. The number of rotatable bonds is 8. The van der Waals surface area contributed by atoms with Gasteiger partial charge >= 0.3 is 12.1 Å². The minimum Gasteiger partial charge on any atom is -0.337 e. The highest BCUT2D eigenvalue weighted by Gasteiger charge is 2.11. The standard InChI is InChI=1S/C22H36N6O2/c29-21(23-10-16-27-12-3-1-4-13-27)25-19-8-7-9-20(18-19)26-22(30)24-11-17-28-14-5-2-6-15-28/h7-9,18H,1-6,10-17H2,(H2,23,25,29)(H2,24,26,30). The zero-order valence-electron chi connectivity index (χ0n) is 17.9. The second kappa shape index (κ2) is 12.4. The third-order valence-electron chi connectivity index (χ3n) is 5.70. The average Bonchev–Trinajstić information content (AvgIpc) is 2.75. The van der Waals surface area contributed by atoms with Gasteiger partial charge in [-0.05, 0) is 70.1 Å². The lowest BCUT2D eigenvalue weighted by Gasteiger charge is -2.26. The van der Waals surface area contributed by atoms with Gasteiger partial charge in [0.25, 0.3) is 0 Å². The first-order valence-electron chi connectivity index (χ1n) is 11.3. The van der Waals surface area contributed by atoms with Gasteiger partial charge in [-0.3, -0.25) is 0 Å². The highest BCUT2D eigenvalue weighted by molar-refractivity contribution is 5.92. The van der Waals surface area contributed by atoms with Crippen molar-refractivity contribution in [2.24, 2.45) is 0 Å². The molecule has 4 amide bonds. The number of hydrogen-bond acceptors (Lipinski definition) is 4. The number of benzene rings is 1. The van der Waals surface area contributed by atoms with Crippen molar-refractivity contribution in [3.8, 4) is 0 Å². The fourth-order valence-corrected chi connectivity index (χ4v) is 4.05. The van der Waals surface area contributed by atoms with Gasteiger partial charge in [-0.25, -0.2) is 9.59 Å². The number of nitrogens with zero attached hydrogens (tertiary/aromatic N) is 2. The Morgan fingerprint density at radius 3 is 1.57 bits per heavy atom. The first kappa shape index (κ1) is 22.4. The largest absolute Gasteiger partial charge is 0.337 e. The molecule has 30 heavy (non-hydrogen) atoms. The van der Waals surface area contributed by atoms with Crippen LogP contribution in [-0.4, -0.2) is 74.2 Å². The Balaban J connectivity index is 1.33. The monoisotopic (exact) mass is 416 g/mol. The molecule has 2 aliphatic heterocycles. The second-order valence-electron chi connectivity index (χ2n) is 8.15. The molecule has 3 rings (SSSR count). The number of amides is 4. The molecule has 0 saturated carbocycles. The smallest absolute Gasteiger partial charge is 0.319 e. The van der Waals surface area contributed by atoms with Crippen molar-refractivity contribution in [1.29, 1.82) is 0 Å². The van der Waals surface area contributed by atoms with Crippen molar-refractivity contribution in [1.82, 2.24) is 20.4 Å². The first-order chi connectivity index (χ1) is 14.7. The quantitative estimate of drug-likeness (QED) is 0.525. The molecule has 2 heterocycles. The van der Waals surface area contributed by atoms with Gasteiger partial charge in [0.05, 0.1) is 0 Å². The van der Waals surface area contributed by atoms with Crippen molar-refractivity contribution in [3.63, 3.8) is 0 Å². The predicted molar refractivity (Wildman–Crippen MR) is 121 cm³/mol. The molecule has 0 aromatic heterocycles. The minimum atomic E-state index is -0.227. The van der Waals surface area contributed by atoms with E-state index >= 15 is 0 Å². The Morgan fingerprint density at radius 1 is 0.700 bits per heavy atom. The summed E-state index contributed by atoms with van der Waals surface area (Å²) in [6.45, 7) is 7.51. The number of anilines is 2. The van der Waals surface area contributed by atoms with E-state index in [0.29, 0.717) is 24.5 Å². The summed E-state index contributed by atoms with van der Waals surface area (Å²) in [7, 11) is 0. The maximum Gasteiger partial charge on any atom is 0.319 e. The molecule has 8 heteroatoms. The van der Waals surface area contributed by atoms with Gasteiger partial charge in [0.15, 0.2) is 0 Å². The Kier molecular flexibility index (Phi) is 9.24. The van der Waals surface area contributed by atoms with Gasteiger partial charge in [0.1, 0.15) is 0 Å². The van der Waals surface area contributed by atoms with Gasteiger partial charge in [-0.15, -0.1) is 0 Å². The molecule has 0 atom stereocenters. The van der Waals surface area contributed by atoms with Crippen LogP contribution in [-0.2, 0) is 0 Å². The molecule has 0 aliphatic carbocycles. The summed E-state index contributed by atoms with van der Waals surface area (Å²) in [4.78, 5) is 29.0. The topological polar surface area (TPSA) is 88.7 Å².